The average Bonchev–Trinajstić information content (AvgIpc) is 2.79. The maximum absolute atomic E-state index is 12.0. The molecule has 0 radical (unpaired) electrons. The second kappa shape index (κ2) is 10.1. The van der Waals surface area contributed by atoms with Crippen LogP contribution in [0.25, 0.3) is 6.08 Å². The zero-order valence-corrected chi connectivity index (χ0v) is 16.8. The average molecular weight is 409 g/mol. The molecule has 2 aromatic rings. The molecule has 1 heterocycles. The van der Waals surface area contributed by atoms with Crippen molar-refractivity contribution in [3.8, 4) is 17.2 Å². The van der Waals surface area contributed by atoms with Crippen LogP contribution in [0.5, 0.6) is 17.2 Å². The number of nitrogens with zero attached hydrogens (tertiary/aromatic N) is 1. The Morgan fingerprint density at radius 3 is 2.70 bits per heavy atom. The maximum atomic E-state index is 12.0. The number of amides is 2. The van der Waals surface area contributed by atoms with Crippen molar-refractivity contribution in [2.45, 2.75) is 6.92 Å². The second-order valence-electron chi connectivity index (χ2n) is 6.38. The van der Waals surface area contributed by atoms with Crippen molar-refractivity contribution in [3.63, 3.8) is 0 Å². The Hall–Kier alpha value is -3.81. The molecule has 0 unspecified atom stereocenters. The fourth-order valence-electron chi connectivity index (χ4n) is 2.71. The molecule has 0 bridgehead atoms. The minimum Gasteiger partial charge on any atom is -0.496 e. The van der Waals surface area contributed by atoms with Crippen LogP contribution in [0.4, 0.5) is 0 Å². The summed E-state index contributed by atoms with van der Waals surface area (Å²) in [4.78, 5) is 23.9. The number of nitrogens with one attached hydrogen (secondary N) is 2. The smallest absolute Gasteiger partial charge is 0.259 e. The van der Waals surface area contributed by atoms with Crippen molar-refractivity contribution in [2.24, 2.45) is 5.10 Å². The van der Waals surface area contributed by atoms with E-state index in [2.05, 4.69) is 15.8 Å². The first kappa shape index (κ1) is 20.9. The molecular formula is C22H23N3O5. The summed E-state index contributed by atoms with van der Waals surface area (Å²) >= 11 is 0. The van der Waals surface area contributed by atoms with E-state index in [1.165, 1.54) is 6.08 Å². The highest BCUT2D eigenvalue weighted by atomic mass is 16.6. The summed E-state index contributed by atoms with van der Waals surface area (Å²) in [6.45, 7) is 2.58. The van der Waals surface area contributed by atoms with Crippen molar-refractivity contribution in [1.29, 1.82) is 0 Å². The van der Waals surface area contributed by atoms with Crippen LogP contribution in [-0.2, 0) is 9.59 Å². The van der Waals surface area contributed by atoms with Crippen molar-refractivity contribution >= 4 is 23.6 Å². The number of ether oxygens (including phenoxy) is 3. The molecule has 0 spiro atoms. The van der Waals surface area contributed by atoms with E-state index in [1.54, 1.807) is 32.2 Å². The van der Waals surface area contributed by atoms with Gasteiger partial charge in [0.1, 0.15) is 19.0 Å². The second-order valence-corrected chi connectivity index (χ2v) is 6.38. The Morgan fingerprint density at radius 1 is 1.13 bits per heavy atom. The fourth-order valence-corrected chi connectivity index (χ4v) is 2.71. The standard InChI is InChI=1S/C22H23N3O5/c1-15(17-7-9-19-20(13-17)30-12-11-29-19)24-25-22(27)14-23-21(26)10-8-16-5-3-4-6-18(16)28-2/h3-10,13H,11-12,14H2,1-2H3,(H,23,26)(H,25,27)/b10-8+,24-15-. The minimum atomic E-state index is -0.439. The monoisotopic (exact) mass is 409 g/mol. The predicted octanol–water partition coefficient (Wildman–Crippen LogP) is 2.14. The van der Waals surface area contributed by atoms with Crippen LogP contribution in [0.2, 0.25) is 0 Å². The summed E-state index contributed by atoms with van der Waals surface area (Å²) < 4.78 is 16.3. The van der Waals surface area contributed by atoms with Gasteiger partial charge >= 0.3 is 0 Å². The number of carbonyl (C=O) groups is 2. The summed E-state index contributed by atoms with van der Waals surface area (Å²) in [7, 11) is 1.56. The lowest BCUT2D eigenvalue weighted by Gasteiger charge is -2.18. The zero-order valence-electron chi connectivity index (χ0n) is 16.8. The third-order valence-corrected chi connectivity index (χ3v) is 4.28. The fraction of sp³-hybridized carbons (Fsp3) is 0.227. The summed E-state index contributed by atoms with van der Waals surface area (Å²) in [6.07, 6.45) is 2.96. The van der Waals surface area contributed by atoms with Crippen molar-refractivity contribution < 1.29 is 23.8 Å². The molecule has 0 saturated heterocycles. The number of methoxy groups -OCH3 is 1. The first-order chi connectivity index (χ1) is 14.6. The molecule has 2 aromatic carbocycles. The Morgan fingerprint density at radius 2 is 1.90 bits per heavy atom. The molecule has 1 aliphatic rings. The molecule has 2 amide bonds. The van der Waals surface area contributed by atoms with Crippen LogP contribution in [0.1, 0.15) is 18.1 Å². The molecule has 0 fully saturated rings. The minimum absolute atomic E-state index is 0.201. The topological polar surface area (TPSA) is 98.2 Å². The van der Waals surface area contributed by atoms with Gasteiger partial charge in [0.2, 0.25) is 5.91 Å². The molecule has 8 heteroatoms. The zero-order chi connectivity index (χ0) is 21.3. The first-order valence-corrected chi connectivity index (χ1v) is 9.39. The van der Waals surface area contributed by atoms with Crippen molar-refractivity contribution in [1.82, 2.24) is 10.7 Å². The summed E-state index contributed by atoms with van der Waals surface area (Å²) in [5.74, 6) is 1.15. The van der Waals surface area contributed by atoms with Gasteiger partial charge in [-0.25, -0.2) is 5.43 Å². The van der Waals surface area contributed by atoms with Gasteiger partial charge in [0.05, 0.1) is 19.4 Å². The summed E-state index contributed by atoms with van der Waals surface area (Å²) in [5.41, 5.74) is 4.58. The van der Waals surface area contributed by atoms with E-state index < -0.39 is 11.8 Å². The Kier molecular flexibility index (Phi) is 7.05. The van der Waals surface area contributed by atoms with Crippen LogP contribution < -0.4 is 25.0 Å². The van der Waals surface area contributed by atoms with E-state index in [9.17, 15) is 9.59 Å². The van der Waals surface area contributed by atoms with Gasteiger partial charge in [0, 0.05) is 17.2 Å². The SMILES string of the molecule is COc1ccccc1/C=C/C(=O)NCC(=O)N/N=C(/C)c1ccc2c(c1)OCCO2. The molecule has 0 aromatic heterocycles. The van der Waals surface area contributed by atoms with Gasteiger partial charge in [-0.1, -0.05) is 18.2 Å². The lowest BCUT2D eigenvalue weighted by molar-refractivity contribution is -0.123. The van der Waals surface area contributed by atoms with Crippen LogP contribution in [0.3, 0.4) is 0 Å². The summed E-state index contributed by atoms with van der Waals surface area (Å²) in [6, 6.07) is 12.8. The largest absolute Gasteiger partial charge is 0.496 e. The molecular weight excluding hydrogens is 386 g/mol. The molecule has 30 heavy (non-hydrogen) atoms. The van der Waals surface area contributed by atoms with Crippen LogP contribution in [-0.4, -0.2) is 44.4 Å². The van der Waals surface area contributed by atoms with E-state index in [1.807, 2.05) is 30.3 Å². The molecule has 0 saturated carbocycles. The predicted molar refractivity (Wildman–Crippen MR) is 113 cm³/mol. The van der Waals surface area contributed by atoms with E-state index in [0.717, 1.165) is 11.1 Å². The van der Waals surface area contributed by atoms with Crippen LogP contribution >= 0.6 is 0 Å². The highest BCUT2D eigenvalue weighted by Gasteiger charge is 2.13. The highest BCUT2D eigenvalue weighted by molar-refractivity contribution is 6.00. The van der Waals surface area contributed by atoms with Gasteiger partial charge in [-0.05, 0) is 37.3 Å². The molecule has 2 N–H and O–H groups in total. The van der Waals surface area contributed by atoms with Crippen LogP contribution in [0.15, 0.2) is 53.6 Å². The Labute approximate surface area is 174 Å². The van der Waals surface area contributed by atoms with E-state index in [0.29, 0.717) is 36.2 Å². The van der Waals surface area contributed by atoms with Gasteiger partial charge in [0.15, 0.2) is 11.5 Å². The number of hydrogen-bond acceptors (Lipinski definition) is 6. The summed E-state index contributed by atoms with van der Waals surface area (Å²) in [5, 5.41) is 6.58. The molecule has 1 aliphatic heterocycles. The van der Waals surface area contributed by atoms with Gasteiger partial charge in [-0.2, -0.15) is 5.10 Å². The van der Waals surface area contributed by atoms with Gasteiger partial charge in [-0.15, -0.1) is 0 Å². The van der Waals surface area contributed by atoms with Gasteiger partial charge in [-0.3, -0.25) is 9.59 Å². The number of rotatable bonds is 7. The normalized spacial score (nSPS) is 13.1. The number of hydrogen-bond donors (Lipinski definition) is 2. The number of benzene rings is 2. The van der Waals surface area contributed by atoms with Crippen molar-refractivity contribution in [3.05, 3.63) is 59.7 Å². The maximum Gasteiger partial charge on any atom is 0.259 e. The van der Waals surface area contributed by atoms with Gasteiger partial charge in [0.25, 0.3) is 5.91 Å². The van der Waals surface area contributed by atoms with E-state index in [-0.39, 0.29) is 6.54 Å². The molecule has 0 atom stereocenters. The molecule has 8 nitrogen and oxygen atoms in total. The highest BCUT2D eigenvalue weighted by Crippen LogP contribution is 2.30. The number of hydrazone groups is 1. The number of carbonyl (C=O) groups excluding carboxylic acids is 2. The quantitative estimate of drug-likeness (QED) is 0.415. The van der Waals surface area contributed by atoms with E-state index >= 15 is 0 Å². The number of para-hydroxylation sites is 1. The third kappa shape index (κ3) is 5.60. The first-order valence-electron chi connectivity index (χ1n) is 9.39. The Balaban J connectivity index is 1.49. The lowest BCUT2D eigenvalue weighted by atomic mass is 10.1. The van der Waals surface area contributed by atoms with Crippen molar-refractivity contribution in [2.75, 3.05) is 26.9 Å². The molecule has 156 valence electrons. The lowest BCUT2D eigenvalue weighted by Crippen LogP contribution is -2.34. The Bertz CT molecular complexity index is 984. The van der Waals surface area contributed by atoms with Crippen LogP contribution in [0, 0.1) is 0 Å². The molecule has 3 rings (SSSR count). The van der Waals surface area contributed by atoms with E-state index in [4.69, 9.17) is 14.2 Å². The third-order valence-electron chi connectivity index (χ3n) is 4.28. The van der Waals surface area contributed by atoms with Gasteiger partial charge < -0.3 is 19.5 Å². The molecule has 0 aliphatic carbocycles. The number of fused-ring (bicyclic) bond motifs is 1.